The van der Waals surface area contributed by atoms with Crippen LogP contribution in [0.2, 0.25) is 0 Å². The molecule has 0 aliphatic carbocycles. The average molecular weight is 372 g/mol. The lowest BCUT2D eigenvalue weighted by Crippen LogP contribution is -2.50. The van der Waals surface area contributed by atoms with Crippen molar-refractivity contribution in [3.8, 4) is 11.5 Å². The molecule has 0 bridgehead atoms. The Morgan fingerprint density at radius 3 is 2.70 bits per heavy atom. The molecule has 0 spiro atoms. The second-order valence-electron chi connectivity index (χ2n) is 7.18. The van der Waals surface area contributed by atoms with Crippen molar-refractivity contribution in [1.29, 1.82) is 0 Å². The van der Waals surface area contributed by atoms with Crippen LogP contribution in [-0.4, -0.2) is 71.4 Å². The fraction of sp³-hybridized carbons (Fsp3) is 0.556. The van der Waals surface area contributed by atoms with Crippen molar-refractivity contribution < 1.29 is 14.1 Å². The van der Waals surface area contributed by atoms with Gasteiger partial charge in [0.2, 0.25) is 5.91 Å². The number of piperazine rings is 1. The van der Waals surface area contributed by atoms with Crippen LogP contribution in [0.3, 0.4) is 0 Å². The van der Waals surface area contributed by atoms with Crippen molar-refractivity contribution >= 4 is 17.7 Å². The van der Waals surface area contributed by atoms with Gasteiger partial charge in [0.15, 0.2) is 0 Å². The number of pyridine rings is 1. The summed E-state index contributed by atoms with van der Waals surface area (Å²) in [5.41, 5.74) is 0.820. The summed E-state index contributed by atoms with van der Waals surface area (Å²) in [4.78, 5) is 24.9. The summed E-state index contributed by atoms with van der Waals surface area (Å²) in [6, 6.07) is 4.05. The minimum atomic E-state index is 0.0225. The highest BCUT2D eigenvalue weighted by atomic mass is 16.5. The lowest BCUT2D eigenvalue weighted by Gasteiger charge is -2.34. The standard InChI is InChI=1S/C18H24N6O3/c1-12(2)17(25)23-5-7-24(8-6-23)18-21-16(27-22-18)13-3-4-19-15(9-13)20-14-10-26-11-14/h3-4,9,12,14H,5-8,10-11H2,1-2H3,(H,19,20). The van der Waals surface area contributed by atoms with Crippen LogP contribution in [0, 0.1) is 5.92 Å². The summed E-state index contributed by atoms with van der Waals surface area (Å²) in [6.07, 6.45) is 1.72. The lowest BCUT2D eigenvalue weighted by molar-refractivity contribution is -0.134. The molecule has 0 saturated carbocycles. The Hall–Kier alpha value is -2.68. The van der Waals surface area contributed by atoms with Crippen molar-refractivity contribution in [2.75, 3.05) is 49.6 Å². The number of nitrogens with one attached hydrogen (secondary N) is 1. The second kappa shape index (κ2) is 7.51. The number of amides is 1. The molecule has 9 heteroatoms. The Labute approximate surface area is 157 Å². The maximum Gasteiger partial charge on any atom is 0.266 e. The molecule has 4 heterocycles. The van der Waals surface area contributed by atoms with E-state index in [-0.39, 0.29) is 11.8 Å². The molecule has 2 fully saturated rings. The summed E-state index contributed by atoms with van der Waals surface area (Å²) >= 11 is 0. The third kappa shape index (κ3) is 3.87. The van der Waals surface area contributed by atoms with Crippen molar-refractivity contribution in [3.63, 3.8) is 0 Å². The predicted molar refractivity (Wildman–Crippen MR) is 99.4 cm³/mol. The molecule has 0 unspecified atom stereocenters. The summed E-state index contributed by atoms with van der Waals surface area (Å²) in [5, 5.41) is 7.42. The van der Waals surface area contributed by atoms with Crippen LogP contribution >= 0.6 is 0 Å². The van der Waals surface area contributed by atoms with Crippen LogP contribution in [0.1, 0.15) is 13.8 Å². The first-order chi connectivity index (χ1) is 13.1. The zero-order chi connectivity index (χ0) is 18.8. The van der Waals surface area contributed by atoms with Gasteiger partial charge in [0.05, 0.1) is 19.3 Å². The number of aromatic nitrogens is 3. The third-order valence-electron chi connectivity index (χ3n) is 4.78. The highest BCUT2D eigenvalue weighted by Gasteiger charge is 2.25. The first-order valence-corrected chi connectivity index (χ1v) is 9.28. The van der Waals surface area contributed by atoms with Crippen molar-refractivity contribution in [1.82, 2.24) is 20.0 Å². The summed E-state index contributed by atoms with van der Waals surface area (Å²) in [6.45, 7) is 7.99. The molecule has 2 saturated heterocycles. The van der Waals surface area contributed by atoms with Gasteiger partial charge >= 0.3 is 0 Å². The van der Waals surface area contributed by atoms with Crippen molar-refractivity contribution in [3.05, 3.63) is 18.3 Å². The van der Waals surface area contributed by atoms with Gasteiger partial charge < -0.3 is 24.4 Å². The summed E-state index contributed by atoms with van der Waals surface area (Å²) in [5.74, 6) is 1.99. The molecule has 2 aliphatic heterocycles. The van der Waals surface area contributed by atoms with Crippen LogP contribution < -0.4 is 10.2 Å². The Morgan fingerprint density at radius 2 is 2.04 bits per heavy atom. The maximum atomic E-state index is 12.1. The normalized spacial score (nSPS) is 17.9. The Morgan fingerprint density at radius 1 is 1.26 bits per heavy atom. The van der Waals surface area contributed by atoms with Crippen LogP contribution in [0.5, 0.6) is 0 Å². The largest absolute Gasteiger partial charge is 0.377 e. The van der Waals surface area contributed by atoms with Gasteiger partial charge in [0, 0.05) is 43.9 Å². The molecule has 27 heavy (non-hydrogen) atoms. The predicted octanol–water partition coefficient (Wildman–Crippen LogP) is 1.25. The first-order valence-electron chi connectivity index (χ1n) is 9.28. The molecular formula is C18H24N6O3. The van der Waals surface area contributed by atoms with E-state index < -0.39 is 0 Å². The molecule has 144 valence electrons. The van der Waals surface area contributed by atoms with E-state index >= 15 is 0 Å². The van der Waals surface area contributed by atoms with E-state index in [1.165, 1.54) is 0 Å². The molecule has 4 rings (SSSR count). The Balaban J connectivity index is 1.40. The number of rotatable bonds is 5. The molecule has 0 aromatic carbocycles. The molecule has 9 nitrogen and oxygen atoms in total. The fourth-order valence-electron chi connectivity index (χ4n) is 3.12. The number of anilines is 2. The van der Waals surface area contributed by atoms with E-state index in [1.54, 1.807) is 6.20 Å². The van der Waals surface area contributed by atoms with E-state index in [0.717, 1.165) is 11.4 Å². The van der Waals surface area contributed by atoms with Gasteiger partial charge in [-0.15, -0.1) is 0 Å². The lowest BCUT2D eigenvalue weighted by atomic mass is 10.1. The molecule has 2 aliphatic rings. The monoisotopic (exact) mass is 372 g/mol. The molecule has 1 amide bonds. The molecular weight excluding hydrogens is 348 g/mol. The highest BCUT2D eigenvalue weighted by Crippen LogP contribution is 2.23. The summed E-state index contributed by atoms with van der Waals surface area (Å²) < 4.78 is 10.6. The van der Waals surface area contributed by atoms with Gasteiger partial charge in [-0.2, -0.15) is 4.98 Å². The number of carbonyl (C=O) groups excluding carboxylic acids is 1. The van der Waals surface area contributed by atoms with E-state index in [9.17, 15) is 4.79 Å². The van der Waals surface area contributed by atoms with E-state index in [0.29, 0.717) is 57.3 Å². The minimum Gasteiger partial charge on any atom is -0.377 e. The molecule has 2 aromatic rings. The van der Waals surface area contributed by atoms with Gasteiger partial charge in [-0.25, -0.2) is 4.98 Å². The average Bonchev–Trinajstić information content (AvgIpc) is 3.15. The maximum absolute atomic E-state index is 12.1. The molecule has 2 aromatic heterocycles. The number of ether oxygens (including phenoxy) is 1. The van der Waals surface area contributed by atoms with E-state index in [2.05, 4.69) is 20.4 Å². The first kappa shape index (κ1) is 17.7. The molecule has 0 atom stereocenters. The fourth-order valence-corrected chi connectivity index (χ4v) is 3.12. The smallest absolute Gasteiger partial charge is 0.266 e. The second-order valence-corrected chi connectivity index (χ2v) is 7.18. The zero-order valence-electron chi connectivity index (χ0n) is 15.6. The molecule has 0 radical (unpaired) electrons. The minimum absolute atomic E-state index is 0.0225. The molecule has 1 N–H and O–H groups in total. The summed E-state index contributed by atoms with van der Waals surface area (Å²) in [7, 11) is 0. The third-order valence-corrected chi connectivity index (χ3v) is 4.78. The SMILES string of the molecule is CC(C)C(=O)N1CCN(c2noc(-c3ccnc(NC4COC4)c3)n2)CC1. The van der Waals surface area contributed by atoms with Crippen LogP contribution in [0.15, 0.2) is 22.9 Å². The number of hydrogen-bond acceptors (Lipinski definition) is 8. The number of nitrogens with zero attached hydrogens (tertiary/aromatic N) is 5. The van der Waals surface area contributed by atoms with Crippen molar-refractivity contribution in [2.24, 2.45) is 5.92 Å². The van der Waals surface area contributed by atoms with Gasteiger partial charge in [-0.05, 0) is 17.3 Å². The van der Waals surface area contributed by atoms with Gasteiger partial charge in [-0.3, -0.25) is 4.79 Å². The van der Waals surface area contributed by atoms with Crippen LogP contribution in [0.25, 0.3) is 11.5 Å². The zero-order valence-corrected chi connectivity index (χ0v) is 15.6. The van der Waals surface area contributed by atoms with E-state index in [1.807, 2.05) is 35.8 Å². The topological polar surface area (TPSA) is 96.6 Å². The van der Waals surface area contributed by atoms with Gasteiger partial charge in [0.25, 0.3) is 11.8 Å². The van der Waals surface area contributed by atoms with Gasteiger partial charge in [-0.1, -0.05) is 13.8 Å². The number of hydrogen-bond donors (Lipinski definition) is 1. The van der Waals surface area contributed by atoms with Crippen LogP contribution in [-0.2, 0) is 9.53 Å². The quantitative estimate of drug-likeness (QED) is 0.838. The highest BCUT2D eigenvalue weighted by molar-refractivity contribution is 5.78. The van der Waals surface area contributed by atoms with Gasteiger partial charge in [0.1, 0.15) is 5.82 Å². The Bertz CT molecular complexity index is 796. The van der Waals surface area contributed by atoms with Crippen LogP contribution in [0.4, 0.5) is 11.8 Å². The Kier molecular flexibility index (Phi) is 4.93. The van der Waals surface area contributed by atoms with E-state index in [4.69, 9.17) is 9.26 Å². The number of carbonyl (C=O) groups is 1. The van der Waals surface area contributed by atoms with Crippen molar-refractivity contribution in [2.45, 2.75) is 19.9 Å².